The van der Waals surface area contributed by atoms with E-state index in [0.29, 0.717) is 12.3 Å². The number of carbonyl (C=O) groups excluding carboxylic acids is 1. The van der Waals surface area contributed by atoms with E-state index in [4.69, 9.17) is 5.11 Å². The van der Waals surface area contributed by atoms with E-state index in [1.54, 1.807) is 11.8 Å². The maximum absolute atomic E-state index is 11.7. The van der Waals surface area contributed by atoms with Gasteiger partial charge in [-0.15, -0.1) is 0 Å². The Balaban J connectivity index is 2.32. The molecule has 0 aromatic carbocycles. The monoisotopic (exact) mass is 231 g/mol. The summed E-state index contributed by atoms with van der Waals surface area (Å²) in [5.41, 5.74) is 0. The molecule has 1 fully saturated rings. The minimum atomic E-state index is 0.0694. The van der Waals surface area contributed by atoms with E-state index < -0.39 is 0 Å². The van der Waals surface area contributed by atoms with E-state index >= 15 is 0 Å². The Morgan fingerprint density at radius 1 is 1.60 bits per heavy atom. The maximum Gasteiger partial charge on any atom is 0.223 e. The Labute approximate surface area is 96.0 Å². The molecule has 2 N–H and O–H groups in total. The molecular weight excluding hydrogens is 210 g/mol. The zero-order chi connectivity index (χ0) is 11.3. The molecule has 2 atom stereocenters. The van der Waals surface area contributed by atoms with Crippen LogP contribution in [0.15, 0.2) is 0 Å². The SMILES string of the molecule is CSCC(C)C(=O)NC(CCO)C1CC1. The van der Waals surface area contributed by atoms with Crippen molar-refractivity contribution in [3.63, 3.8) is 0 Å². The zero-order valence-electron chi connectivity index (χ0n) is 9.53. The number of nitrogens with one attached hydrogen (secondary N) is 1. The van der Waals surface area contributed by atoms with Crippen molar-refractivity contribution < 1.29 is 9.90 Å². The highest BCUT2D eigenvalue weighted by molar-refractivity contribution is 7.98. The molecule has 2 unspecified atom stereocenters. The molecule has 1 aliphatic rings. The summed E-state index contributed by atoms with van der Waals surface area (Å²) < 4.78 is 0. The lowest BCUT2D eigenvalue weighted by Crippen LogP contribution is -2.40. The fourth-order valence-corrected chi connectivity index (χ4v) is 2.37. The van der Waals surface area contributed by atoms with E-state index in [2.05, 4.69) is 5.32 Å². The quantitative estimate of drug-likeness (QED) is 0.693. The molecule has 4 heteroatoms. The van der Waals surface area contributed by atoms with E-state index in [-0.39, 0.29) is 24.5 Å². The number of amides is 1. The van der Waals surface area contributed by atoms with Crippen LogP contribution in [-0.2, 0) is 4.79 Å². The predicted octanol–water partition coefficient (Wildman–Crippen LogP) is 1.26. The first-order valence-electron chi connectivity index (χ1n) is 5.59. The van der Waals surface area contributed by atoms with Gasteiger partial charge in [-0.25, -0.2) is 0 Å². The highest BCUT2D eigenvalue weighted by Crippen LogP contribution is 2.34. The van der Waals surface area contributed by atoms with E-state index in [9.17, 15) is 4.79 Å². The lowest BCUT2D eigenvalue weighted by molar-refractivity contribution is -0.124. The van der Waals surface area contributed by atoms with Gasteiger partial charge in [0.2, 0.25) is 5.91 Å². The van der Waals surface area contributed by atoms with Gasteiger partial charge in [0.25, 0.3) is 0 Å². The molecule has 15 heavy (non-hydrogen) atoms. The predicted molar refractivity (Wildman–Crippen MR) is 63.9 cm³/mol. The first-order valence-corrected chi connectivity index (χ1v) is 6.98. The lowest BCUT2D eigenvalue weighted by atomic mass is 10.1. The fraction of sp³-hybridized carbons (Fsp3) is 0.909. The molecule has 0 saturated heterocycles. The van der Waals surface area contributed by atoms with Crippen molar-refractivity contribution in [1.82, 2.24) is 5.32 Å². The molecule has 0 radical (unpaired) electrons. The van der Waals surface area contributed by atoms with Gasteiger partial charge in [0.05, 0.1) is 0 Å². The van der Waals surface area contributed by atoms with Gasteiger partial charge in [0, 0.05) is 24.3 Å². The highest BCUT2D eigenvalue weighted by Gasteiger charge is 2.32. The number of hydrogen-bond acceptors (Lipinski definition) is 3. The average molecular weight is 231 g/mol. The second-order valence-electron chi connectivity index (χ2n) is 4.32. The third-order valence-electron chi connectivity index (χ3n) is 2.82. The minimum Gasteiger partial charge on any atom is -0.396 e. The number of aliphatic hydroxyl groups excluding tert-OH is 1. The molecule has 0 heterocycles. The molecule has 1 amide bonds. The van der Waals surface area contributed by atoms with E-state index in [1.165, 1.54) is 12.8 Å². The van der Waals surface area contributed by atoms with Crippen LogP contribution in [0.3, 0.4) is 0 Å². The maximum atomic E-state index is 11.7. The minimum absolute atomic E-state index is 0.0694. The molecule has 0 aliphatic heterocycles. The van der Waals surface area contributed by atoms with E-state index in [1.807, 2.05) is 13.2 Å². The Morgan fingerprint density at radius 2 is 2.27 bits per heavy atom. The first kappa shape index (κ1) is 12.8. The molecule has 1 aliphatic carbocycles. The Bertz CT molecular complexity index is 207. The zero-order valence-corrected chi connectivity index (χ0v) is 10.3. The van der Waals surface area contributed by atoms with Crippen LogP contribution in [0.5, 0.6) is 0 Å². The summed E-state index contributed by atoms with van der Waals surface area (Å²) in [6.07, 6.45) is 5.10. The van der Waals surface area contributed by atoms with Crippen molar-refractivity contribution >= 4 is 17.7 Å². The second kappa shape index (κ2) is 6.38. The smallest absolute Gasteiger partial charge is 0.223 e. The third kappa shape index (κ3) is 4.43. The van der Waals surface area contributed by atoms with Crippen LogP contribution in [0.1, 0.15) is 26.2 Å². The van der Waals surface area contributed by atoms with Crippen LogP contribution in [0.4, 0.5) is 0 Å². The number of carbonyl (C=O) groups is 1. The van der Waals surface area contributed by atoms with Crippen molar-refractivity contribution in [1.29, 1.82) is 0 Å². The van der Waals surface area contributed by atoms with Crippen molar-refractivity contribution in [3.05, 3.63) is 0 Å². The number of aliphatic hydroxyl groups is 1. The van der Waals surface area contributed by atoms with Gasteiger partial charge < -0.3 is 10.4 Å². The molecule has 88 valence electrons. The van der Waals surface area contributed by atoms with Crippen molar-refractivity contribution in [2.75, 3.05) is 18.6 Å². The van der Waals surface area contributed by atoms with Crippen LogP contribution in [0.2, 0.25) is 0 Å². The van der Waals surface area contributed by atoms with E-state index in [0.717, 1.165) is 5.75 Å². The highest BCUT2D eigenvalue weighted by atomic mass is 32.2. The third-order valence-corrected chi connectivity index (χ3v) is 3.66. The fourth-order valence-electron chi connectivity index (χ4n) is 1.71. The summed E-state index contributed by atoms with van der Waals surface area (Å²) >= 11 is 1.69. The molecule has 0 spiro atoms. The van der Waals surface area contributed by atoms with Crippen LogP contribution in [0.25, 0.3) is 0 Å². The Morgan fingerprint density at radius 3 is 2.73 bits per heavy atom. The molecular formula is C11H21NO2S. The first-order chi connectivity index (χ1) is 7.19. The number of rotatable bonds is 7. The van der Waals surface area contributed by atoms with Gasteiger partial charge in [-0.2, -0.15) is 11.8 Å². The van der Waals surface area contributed by atoms with Crippen molar-refractivity contribution in [2.24, 2.45) is 11.8 Å². The van der Waals surface area contributed by atoms with Gasteiger partial charge >= 0.3 is 0 Å². The molecule has 0 aromatic rings. The average Bonchev–Trinajstić information content (AvgIpc) is 3.00. The molecule has 0 aromatic heterocycles. The van der Waals surface area contributed by atoms with Crippen LogP contribution in [0, 0.1) is 11.8 Å². The summed E-state index contributed by atoms with van der Waals surface area (Å²) in [6, 6.07) is 0.201. The Hall–Kier alpha value is -0.220. The van der Waals surface area contributed by atoms with Gasteiger partial charge in [-0.3, -0.25) is 4.79 Å². The van der Waals surface area contributed by atoms with Crippen molar-refractivity contribution in [2.45, 2.75) is 32.2 Å². The van der Waals surface area contributed by atoms with Crippen molar-refractivity contribution in [3.8, 4) is 0 Å². The standard InChI is InChI=1S/C11H21NO2S/c1-8(7-15-2)11(14)12-10(5-6-13)9-3-4-9/h8-10,13H,3-7H2,1-2H3,(H,12,14). The molecule has 1 rings (SSSR count). The van der Waals surface area contributed by atoms with Crippen LogP contribution < -0.4 is 5.32 Å². The normalized spacial score (nSPS) is 19.7. The van der Waals surface area contributed by atoms with Crippen LogP contribution >= 0.6 is 11.8 Å². The van der Waals surface area contributed by atoms with Gasteiger partial charge in [0.15, 0.2) is 0 Å². The number of hydrogen-bond donors (Lipinski definition) is 2. The summed E-state index contributed by atoms with van der Waals surface area (Å²) in [5.74, 6) is 1.68. The summed E-state index contributed by atoms with van der Waals surface area (Å²) in [6.45, 7) is 2.12. The Kier molecular flexibility index (Phi) is 5.47. The van der Waals surface area contributed by atoms with Gasteiger partial charge in [-0.1, -0.05) is 6.92 Å². The second-order valence-corrected chi connectivity index (χ2v) is 5.23. The summed E-state index contributed by atoms with van der Waals surface area (Å²) in [4.78, 5) is 11.7. The lowest BCUT2D eigenvalue weighted by Gasteiger charge is -2.19. The summed E-state index contributed by atoms with van der Waals surface area (Å²) in [7, 11) is 0. The topological polar surface area (TPSA) is 49.3 Å². The molecule has 0 bridgehead atoms. The van der Waals surface area contributed by atoms with Crippen LogP contribution in [-0.4, -0.2) is 35.7 Å². The van der Waals surface area contributed by atoms with Gasteiger partial charge in [-0.05, 0) is 31.4 Å². The summed E-state index contributed by atoms with van der Waals surface area (Å²) in [5, 5.41) is 12.0. The molecule has 3 nitrogen and oxygen atoms in total. The number of thioether (sulfide) groups is 1. The largest absolute Gasteiger partial charge is 0.396 e. The molecule has 1 saturated carbocycles. The van der Waals surface area contributed by atoms with Gasteiger partial charge in [0.1, 0.15) is 0 Å².